The lowest BCUT2D eigenvalue weighted by Gasteiger charge is -2.32. The number of hydrogen-bond donors (Lipinski definition) is 4. The van der Waals surface area contributed by atoms with Gasteiger partial charge in [-0.3, -0.25) is 19.2 Å². The lowest BCUT2D eigenvalue weighted by atomic mass is 10.0. The van der Waals surface area contributed by atoms with Crippen LogP contribution in [0.4, 0.5) is 0 Å². The third-order valence-electron chi connectivity index (χ3n) is 13.6. The van der Waals surface area contributed by atoms with Crippen molar-refractivity contribution >= 4 is 23.6 Å². The number of nitrogens with zero attached hydrogens (tertiary/aromatic N) is 4. The Morgan fingerprint density at radius 2 is 0.931 bits per heavy atom. The van der Waals surface area contributed by atoms with Gasteiger partial charge < -0.3 is 30.4 Å². The monoisotopic (exact) mass is 782 g/mol. The predicted molar refractivity (Wildman–Crippen MR) is 218 cm³/mol. The van der Waals surface area contributed by atoms with E-state index < -0.39 is 12.1 Å². The third-order valence-corrected chi connectivity index (χ3v) is 13.6. The molecule has 0 radical (unpaired) electrons. The molecule has 4 aromatic rings. The van der Waals surface area contributed by atoms with E-state index in [1.807, 2.05) is 49.9 Å². The summed E-state index contributed by atoms with van der Waals surface area (Å²) in [6, 6.07) is 16.0. The zero-order valence-corrected chi connectivity index (χ0v) is 33.8. The van der Waals surface area contributed by atoms with Crippen molar-refractivity contribution in [2.24, 2.45) is 35.5 Å². The van der Waals surface area contributed by atoms with Crippen LogP contribution in [0.15, 0.2) is 60.9 Å². The number of likely N-dealkylation sites (tertiary alicyclic amines) is 2. The van der Waals surface area contributed by atoms with Gasteiger partial charge in [0.1, 0.15) is 23.7 Å². The zero-order chi connectivity index (χ0) is 40.0. The largest absolute Gasteiger partial charge is 0.344 e. The number of nitrogens with one attached hydrogen (secondary N) is 4. The fraction of sp³-hybridized carbons (Fsp3) is 0.522. The molecule has 4 N–H and O–H groups in total. The molecule has 0 spiro atoms. The number of rotatable bonds is 13. The normalized spacial score (nSPS) is 26.7. The number of amides is 4. The Hall–Kier alpha value is -5.26. The van der Waals surface area contributed by atoms with Gasteiger partial charge in [-0.05, 0) is 97.3 Å². The number of H-pyrrole nitrogens is 2. The van der Waals surface area contributed by atoms with E-state index in [9.17, 15) is 19.2 Å². The molecule has 2 saturated heterocycles. The summed E-state index contributed by atoms with van der Waals surface area (Å²) in [5, 5.41) is 6.15. The van der Waals surface area contributed by atoms with E-state index in [2.05, 4.69) is 69.1 Å². The molecule has 4 aliphatic carbocycles. The molecule has 8 atom stereocenters. The minimum Gasteiger partial charge on any atom is -0.344 e. The lowest BCUT2D eigenvalue weighted by molar-refractivity contribution is -0.140. The van der Waals surface area contributed by atoms with Crippen LogP contribution in [0.25, 0.3) is 33.6 Å². The number of fused-ring (bicyclic) bond motifs is 2. The van der Waals surface area contributed by atoms with E-state index in [0.29, 0.717) is 11.8 Å². The standard InChI is InChI=1S/C46H54N8O4/c1-23(2)39(51-43(55)29-13-14-29)45(57)53-35-17-31(35)19-37(53)41-47-21-33(49-41)27-9-5-25(6-10-27)26-7-11-28(12-8-26)34-22-48-42(50-34)38-20-32-18-36(32)54(38)46(58)40(24(3)4)52-44(56)30-15-16-30/h5-12,21-24,29-32,35-40H,13-20H2,1-4H3,(H,47,49)(H,48,50)(H,51,55)(H,52,56)/t31-,32-,35-,36-,37+,38?,39+,40+/m1/s1. The molecule has 2 aromatic heterocycles. The van der Waals surface area contributed by atoms with Gasteiger partial charge in [0.25, 0.3) is 0 Å². The summed E-state index contributed by atoms with van der Waals surface area (Å²) in [5.74, 6) is 2.74. The predicted octanol–water partition coefficient (Wildman–Crippen LogP) is 6.56. The zero-order valence-electron chi connectivity index (χ0n) is 33.8. The van der Waals surface area contributed by atoms with E-state index in [-0.39, 0.29) is 71.5 Å². The maximum Gasteiger partial charge on any atom is 0.246 e. The van der Waals surface area contributed by atoms with Crippen LogP contribution < -0.4 is 10.6 Å². The molecular weight excluding hydrogens is 729 g/mol. The third kappa shape index (κ3) is 6.91. The van der Waals surface area contributed by atoms with Gasteiger partial charge in [-0.1, -0.05) is 76.2 Å². The van der Waals surface area contributed by atoms with Crippen molar-refractivity contribution in [1.82, 2.24) is 40.4 Å². The first-order valence-corrected chi connectivity index (χ1v) is 21.6. The van der Waals surface area contributed by atoms with Crippen LogP contribution in [0, 0.1) is 35.5 Å². The van der Waals surface area contributed by atoms with E-state index in [1.54, 1.807) is 0 Å². The van der Waals surface area contributed by atoms with Crippen molar-refractivity contribution in [3.63, 3.8) is 0 Å². The fourth-order valence-corrected chi connectivity index (χ4v) is 9.61. The Balaban J connectivity index is 0.798. The molecule has 6 aliphatic rings. The van der Waals surface area contributed by atoms with Crippen molar-refractivity contribution in [2.45, 2.75) is 115 Å². The topological polar surface area (TPSA) is 156 Å². The van der Waals surface area contributed by atoms with Crippen molar-refractivity contribution in [1.29, 1.82) is 0 Å². The van der Waals surface area contributed by atoms with E-state index in [4.69, 9.17) is 9.97 Å². The Morgan fingerprint density at radius 3 is 1.28 bits per heavy atom. The number of aromatic nitrogens is 4. The van der Waals surface area contributed by atoms with Gasteiger partial charge in [0.05, 0.1) is 35.9 Å². The highest BCUT2D eigenvalue weighted by atomic mass is 16.2. The maximum atomic E-state index is 14.0. The molecule has 58 heavy (non-hydrogen) atoms. The highest BCUT2D eigenvalue weighted by Crippen LogP contribution is 2.54. The molecule has 10 rings (SSSR count). The van der Waals surface area contributed by atoms with Gasteiger partial charge in [-0.15, -0.1) is 0 Å². The Kier molecular flexibility index (Phi) is 9.09. The van der Waals surface area contributed by atoms with Gasteiger partial charge >= 0.3 is 0 Å². The van der Waals surface area contributed by atoms with Crippen molar-refractivity contribution in [3.05, 3.63) is 72.6 Å². The van der Waals surface area contributed by atoms with Crippen molar-refractivity contribution in [2.75, 3.05) is 0 Å². The average Bonchev–Trinajstić information content (AvgIpc) is 4.17. The number of aromatic amines is 2. The van der Waals surface area contributed by atoms with Gasteiger partial charge in [0.15, 0.2) is 0 Å². The first-order chi connectivity index (χ1) is 28.0. The van der Waals surface area contributed by atoms with Gasteiger partial charge in [-0.25, -0.2) is 9.97 Å². The maximum absolute atomic E-state index is 14.0. The molecule has 1 unspecified atom stereocenters. The Labute approximate surface area is 339 Å². The molecule has 12 heteroatoms. The summed E-state index contributed by atoms with van der Waals surface area (Å²) in [5.41, 5.74) is 6.03. The molecule has 302 valence electrons. The number of carbonyl (C=O) groups excluding carboxylic acids is 4. The van der Waals surface area contributed by atoms with Gasteiger partial charge in [-0.2, -0.15) is 0 Å². The molecule has 0 bridgehead atoms. The Morgan fingerprint density at radius 1 is 0.569 bits per heavy atom. The summed E-state index contributed by atoms with van der Waals surface area (Å²) in [7, 11) is 0. The second-order valence-electron chi connectivity index (χ2n) is 18.6. The second-order valence-corrected chi connectivity index (χ2v) is 18.6. The number of carbonyl (C=O) groups is 4. The van der Waals surface area contributed by atoms with Crippen molar-refractivity contribution < 1.29 is 19.2 Å². The number of hydrogen-bond acceptors (Lipinski definition) is 6. The summed E-state index contributed by atoms with van der Waals surface area (Å²) < 4.78 is 0. The van der Waals surface area contributed by atoms with Gasteiger partial charge in [0.2, 0.25) is 23.6 Å². The molecule has 2 aromatic carbocycles. The van der Waals surface area contributed by atoms with Crippen LogP contribution in [0.5, 0.6) is 0 Å². The van der Waals surface area contributed by atoms with E-state index >= 15 is 0 Å². The molecule has 6 fully saturated rings. The summed E-state index contributed by atoms with van der Waals surface area (Å²) in [6.07, 6.45) is 11.2. The lowest BCUT2D eigenvalue weighted by Crippen LogP contribution is -2.52. The summed E-state index contributed by atoms with van der Waals surface area (Å²) in [4.78, 5) is 73.9. The van der Waals surface area contributed by atoms with Crippen LogP contribution in [-0.4, -0.2) is 77.5 Å². The van der Waals surface area contributed by atoms with Gasteiger partial charge in [0, 0.05) is 23.9 Å². The SMILES string of the molecule is CC(C)[C@H](NC(=O)C1CC1)C(=O)N1C(c2ncc(-c3ccc(-c4ccc(-c5cnc([C@@H]6C[C@H]7C[C@H]7N6C(=O)[C@@H](NC(=O)C6CC6)C(C)C)[nH]5)cc4)cc3)[nH]2)C[C@H]2C[C@H]21. The number of piperidine rings is 2. The van der Waals surface area contributed by atoms with Crippen LogP contribution >= 0.6 is 0 Å². The van der Waals surface area contributed by atoms with E-state index in [1.165, 1.54) is 0 Å². The molecular formula is C46H54N8O4. The summed E-state index contributed by atoms with van der Waals surface area (Å²) >= 11 is 0. The Bertz CT molecular complexity index is 2080. The second kappa shape index (κ2) is 14.2. The first-order valence-electron chi connectivity index (χ1n) is 21.6. The first kappa shape index (κ1) is 37.0. The molecule has 4 saturated carbocycles. The smallest absolute Gasteiger partial charge is 0.246 e. The van der Waals surface area contributed by atoms with Crippen LogP contribution in [0.2, 0.25) is 0 Å². The molecule has 4 heterocycles. The quantitative estimate of drug-likeness (QED) is 0.120. The molecule has 12 nitrogen and oxygen atoms in total. The average molecular weight is 783 g/mol. The minimum atomic E-state index is -0.523. The van der Waals surface area contributed by atoms with E-state index in [0.717, 1.165) is 96.7 Å². The number of benzene rings is 2. The highest BCUT2D eigenvalue weighted by Gasteiger charge is 2.57. The van der Waals surface area contributed by atoms with Crippen LogP contribution in [-0.2, 0) is 19.2 Å². The molecule has 4 amide bonds. The fourth-order valence-electron chi connectivity index (χ4n) is 9.61. The van der Waals surface area contributed by atoms with Crippen molar-refractivity contribution in [3.8, 4) is 33.6 Å². The molecule has 2 aliphatic heterocycles. The van der Waals surface area contributed by atoms with Crippen LogP contribution in [0.1, 0.15) is 103 Å². The minimum absolute atomic E-state index is 0.00250. The highest BCUT2D eigenvalue weighted by molar-refractivity contribution is 5.91. The number of imidazole rings is 2. The van der Waals surface area contributed by atoms with Crippen LogP contribution in [0.3, 0.4) is 0 Å². The summed E-state index contributed by atoms with van der Waals surface area (Å²) in [6.45, 7) is 8.01.